The first-order chi connectivity index (χ1) is 12.3. The first kappa shape index (κ1) is 18.4. The van der Waals surface area contributed by atoms with Gasteiger partial charge >= 0.3 is 0 Å². The molecule has 1 aliphatic rings. The summed E-state index contributed by atoms with van der Waals surface area (Å²) in [5.41, 5.74) is 3.62. The molecule has 5 heteroatoms. The topological polar surface area (TPSA) is 49.4 Å². The summed E-state index contributed by atoms with van der Waals surface area (Å²) < 4.78 is 0.958. The van der Waals surface area contributed by atoms with Gasteiger partial charge < -0.3 is 10.2 Å². The number of hydrogen-bond acceptors (Lipinski definition) is 2. The van der Waals surface area contributed by atoms with Crippen LogP contribution in [0.25, 0.3) is 0 Å². The van der Waals surface area contributed by atoms with Gasteiger partial charge in [-0.05, 0) is 41.5 Å². The van der Waals surface area contributed by atoms with E-state index in [-0.39, 0.29) is 17.2 Å². The number of amides is 2. The Balaban J connectivity index is 1.81. The maximum Gasteiger partial charge on any atom is 0.258 e. The van der Waals surface area contributed by atoms with Crippen molar-refractivity contribution in [2.24, 2.45) is 0 Å². The van der Waals surface area contributed by atoms with E-state index in [0.717, 1.165) is 15.7 Å². The van der Waals surface area contributed by atoms with Crippen molar-refractivity contribution < 1.29 is 9.59 Å². The third-order valence-electron chi connectivity index (χ3n) is 4.63. The van der Waals surface area contributed by atoms with Gasteiger partial charge in [-0.25, -0.2) is 0 Å². The molecule has 0 unspecified atom stereocenters. The van der Waals surface area contributed by atoms with Crippen LogP contribution in [0.2, 0.25) is 0 Å². The summed E-state index contributed by atoms with van der Waals surface area (Å²) in [6, 6.07) is 13.4. The number of anilines is 1. The molecule has 2 amide bonds. The Bertz CT molecular complexity index is 872. The normalized spacial score (nSPS) is 14.7. The minimum atomic E-state index is -0.216. The summed E-state index contributed by atoms with van der Waals surface area (Å²) in [6.07, 6.45) is 1.24. The van der Waals surface area contributed by atoms with Gasteiger partial charge in [0.15, 0.2) is 0 Å². The van der Waals surface area contributed by atoms with Crippen molar-refractivity contribution in [3.8, 4) is 0 Å². The van der Waals surface area contributed by atoms with Gasteiger partial charge in [-0.3, -0.25) is 9.59 Å². The quantitative estimate of drug-likeness (QED) is 0.765. The third-order valence-corrected chi connectivity index (χ3v) is 5.12. The fourth-order valence-electron chi connectivity index (χ4n) is 3.23. The number of benzene rings is 2. The van der Waals surface area contributed by atoms with Crippen molar-refractivity contribution >= 4 is 33.4 Å². The van der Waals surface area contributed by atoms with Gasteiger partial charge in [0.2, 0.25) is 5.91 Å². The molecule has 0 fully saturated rings. The second-order valence-corrected chi connectivity index (χ2v) is 7.97. The maximum atomic E-state index is 13.1. The molecule has 4 nitrogen and oxygen atoms in total. The molecular formula is C21H21BrN2O2. The zero-order valence-electron chi connectivity index (χ0n) is 14.9. The summed E-state index contributed by atoms with van der Waals surface area (Å²) in [7, 11) is 0. The molecule has 0 bridgehead atoms. The lowest BCUT2D eigenvalue weighted by Crippen LogP contribution is -2.33. The molecule has 2 aromatic carbocycles. The summed E-state index contributed by atoms with van der Waals surface area (Å²) >= 11 is 3.50. The second kappa shape index (κ2) is 7.08. The molecule has 0 saturated carbocycles. The number of hydrogen-bond donors (Lipinski definition) is 1. The van der Waals surface area contributed by atoms with Gasteiger partial charge in [0, 0.05) is 34.2 Å². The molecule has 1 heterocycles. The largest absolute Gasteiger partial charge is 0.348 e. The van der Waals surface area contributed by atoms with Crippen molar-refractivity contribution in [3.63, 3.8) is 0 Å². The van der Waals surface area contributed by atoms with Crippen LogP contribution >= 0.6 is 15.9 Å². The average Bonchev–Trinajstić information content (AvgIpc) is 2.89. The van der Waals surface area contributed by atoms with Crippen LogP contribution in [0.5, 0.6) is 0 Å². The van der Waals surface area contributed by atoms with E-state index in [9.17, 15) is 9.59 Å². The molecule has 1 N–H and O–H groups in total. The minimum Gasteiger partial charge on any atom is -0.348 e. The molecule has 1 aliphatic heterocycles. The molecule has 0 aromatic heterocycles. The Morgan fingerprint density at radius 2 is 1.92 bits per heavy atom. The number of halogens is 1. The molecule has 0 spiro atoms. The number of nitrogens with zero attached hydrogens (tertiary/aromatic N) is 1. The molecular weight excluding hydrogens is 392 g/mol. The Morgan fingerprint density at radius 3 is 2.58 bits per heavy atom. The van der Waals surface area contributed by atoms with Gasteiger partial charge in [-0.1, -0.05) is 54.6 Å². The average molecular weight is 413 g/mol. The zero-order valence-corrected chi connectivity index (χ0v) is 16.5. The number of fused-ring (bicyclic) bond motifs is 1. The fourth-order valence-corrected chi connectivity index (χ4v) is 3.58. The van der Waals surface area contributed by atoms with Crippen LogP contribution in [-0.2, 0) is 16.8 Å². The van der Waals surface area contributed by atoms with Crippen molar-refractivity contribution in [1.29, 1.82) is 0 Å². The Morgan fingerprint density at radius 1 is 1.23 bits per heavy atom. The van der Waals surface area contributed by atoms with Crippen molar-refractivity contribution in [2.75, 3.05) is 11.4 Å². The van der Waals surface area contributed by atoms with E-state index in [2.05, 4.69) is 47.7 Å². The van der Waals surface area contributed by atoms with E-state index in [4.69, 9.17) is 0 Å². The Hall–Kier alpha value is -2.40. The highest BCUT2D eigenvalue weighted by Crippen LogP contribution is 2.42. The standard InChI is InChI=1S/C21H21BrN2O2/c1-4-19(25)23-12-14-5-7-15(8-6-14)20(26)24-13-21(2,3)17-10-9-16(22)11-18(17)24/h4-11H,1,12-13H2,2-3H3,(H,23,25). The fraction of sp³-hybridized carbons (Fsp3) is 0.238. The van der Waals surface area contributed by atoms with E-state index in [1.165, 1.54) is 11.6 Å². The summed E-state index contributed by atoms with van der Waals surface area (Å²) in [4.78, 5) is 26.1. The number of nitrogens with one attached hydrogen (secondary N) is 1. The van der Waals surface area contributed by atoms with Crippen LogP contribution < -0.4 is 10.2 Å². The smallest absolute Gasteiger partial charge is 0.258 e. The number of carbonyl (C=O) groups excluding carboxylic acids is 2. The first-order valence-corrected chi connectivity index (χ1v) is 9.22. The van der Waals surface area contributed by atoms with Crippen LogP contribution in [0, 0.1) is 0 Å². The van der Waals surface area contributed by atoms with Gasteiger partial charge in [-0.2, -0.15) is 0 Å². The third kappa shape index (κ3) is 3.58. The highest BCUT2D eigenvalue weighted by atomic mass is 79.9. The van der Waals surface area contributed by atoms with Crippen molar-refractivity contribution in [1.82, 2.24) is 5.32 Å². The van der Waals surface area contributed by atoms with Crippen LogP contribution in [0.4, 0.5) is 5.69 Å². The minimum absolute atomic E-state index is 0.0170. The second-order valence-electron chi connectivity index (χ2n) is 7.06. The van der Waals surface area contributed by atoms with E-state index >= 15 is 0 Å². The summed E-state index contributed by atoms with van der Waals surface area (Å²) in [5.74, 6) is -0.233. The van der Waals surface area contributed by atoms with E-state index in [1.807, 2.05) is 29.2 Å². The van der Waals surface area contributed by atoms with E-state index in [0.29, 0.717) is 18.7 Å². The van der Waals surface area contributed by atoms with Crippen LogP contribution in [-0.4, -0.2) is 18.4 Å². The van der Waals surface area contributed by atoms with Gasteiger partial charge in [0.05, 0.1) is 0 Å². The molecule has 2 aromatic rings. The van der Waals surface area contributed by atoms with E-state index < -0.39 is 0 Å². The first-order valence-electron chi connectivity index (χ1n) is 8.43. The van der Waals surface area contributed by atoms with Crippen LogP contribution in [0.15, 0.2) is 59.6 Å². The van der Waals surface area contributed by atoms with Gasteiger partial charge in [-0.15, -0.1) is 0 Å². The van der Waals surface area contributed by atoms with Crippen LogP contribution in [0.1, 0.15) is 35.3 Å². The number of carbonyl (C=O) groups is 2. The Kier molecular flexibility index (Phi) is 5.01. The summed E-state index contributed by atoms with van der Waals surface area (Å²) in [5, 5.41) is 2.72. The predicted octanol–water partition coefficient (Wildman–Crippen LogP) is 4.19. The summed E-state index contributed by atoms with van der Waals surface area (Å²) in [6.45, 7) is 8.78. The number of rotatable bonds is 4. The monoisotopic (exact) mass is 412 g/mol. The molecule has 0 atom stereocenters. The Labute approximate surface area is 162 Å². The molecule has 0 saturated heterocycles. The molecule has 26 heavy (non-hydrogen) atoms. The molecule has 0 aliphatic carbocycles. The van der Waals surface area contributed by atoms with Crippen LogP contribution in [0.3, 0.4) is 0 Å². The maximum absolute atomic E-state index is 13.1. The predicted molar refractivity (Wildman–Crippen MR) is 107 cm³/mol. The highest BCUT2D eigenvalue weighted by molar-refractivity contribution is 9.10. The van der Waals surface area contributed by atoms with Gasteiger partial charge in [0.1, 0.15) is 0 Å². The van der Waals surface area contributed by atoms with E-state index in [1.54, 1.807) is 12.1 Å². The lowest BCUT2D eigenvalue weighted by molar-refractivity contribution is -0.116. The van der Waals surface area contributed by atoms with Crippen molar-refractivity contribution in [3.05, 3.63) is 76.3 Å². The van der Waals surface area contributed by atoms with Crippen molar-refractivity contribution in [2.45, 2.75) is 25.8 Å². The SMILES string of the molecule is C=CC(=O)NCc1ccc(C(=O)N2CC(C)(C)c3ccc(Br)cc32)cc1. The zero-order chi connectivity index (χ0) is 18.9. The lowest BCUT2D eigenvalue weighted by Gasteiger charge is -2.21. The molecule has 134 valence electrons. The highest BCUT2D eigenvalue weighted by Gasteiger charge is 2.38. The van der Waals surface area contributed by atoms with Gasteiger partial charge in [0.25, 0.3) is 5.91 Å². The molecule has 3 rings (SSSR count). The lowest BCUT2D eigenvalue weighted by atomic mass is 9.87. The molecule has 0 radical (unpaired) electrons.